The van der Waals surface area contributed by atoms with Crippen molar-refractivity contribution >= 4 is 16.7 Å². The van der Waals surface area contributed by atoms with E-state index in [1.54, 1.807) is 0 Å². The average Bonchev–Trinajstić information content (AvgIpc) is 2.59. The van der Waals surface area contributed by atoms with E-state index in [2.05, 4.69) is 10.3 Å². The fraction of sp³-hybridized carbons (Fsp3) is 0.500. The molecule has 4 nitrogen and oxygen atoms in total. The maximum atomic E-state index is 5.78. The van der Waals surface area contributed by atoms with E-state index in [-0.39, 0.29) is 0 Å². The molecule has 1 aromatic heterocycles. The summed E-state index contributed by atoms with van der Waals surface area (Å²) in [6, 6.07) is 5.75. The zero-order valence-corrected chi connectivity index (χ0v) is 9.26. The molecule has 0 aliphatic heterocycles. The molecule has 0 unspecified atom stereocenters. The SMILES string of the molecule is Nc1ccc2nnn(CCC3CCC3)c2c1. The number of aromatic nitrogens is 3. The van der Waals surface area contributed by atoms with Crippen molar-refractivity contribution in [3.8, 4) is 0 Å². The van der Waals surface area contributed by atoms with Gasteiger partial charge in [0.25, 0.3) is 0 Å². The minimum absolute atomic E-state index is 0.777. The molecule has 1 fully saturated rings. The Morgan fingerprint density at radius 3 is 3.00 bits per heavy atom. The number of nitrogens with zero attached hydrogens (tertiary/aromatic N) is 3. The second-order valence-electron chi connectivity index (χ2n) is 4.65. The molecule has 16 heavy (non-hydrogen) atoms. The molecule has 1 aliphatic carbocycles. The lowest BCUT2D eigenvalue weighted by atomic mass is 9.83. The number of hydrogen-bond donors (Lipinski definition) is 1. The molecule has 3 rings (SSSR count). The second kappa shape index (κ2) is 3.77. The van der Waals surface area contributed by atoms with Crippen LogP contribution in [-0.4, -0.2) is 15.0 Å². The highest BCUT2D eigenvalue weighted by Crippen LogP contribution is 2.30. The predicted octanol–water partition coefficient (Wildman–Crippen LogP) is 2.20. The van der Waals surface area contributed by atoms with E-state index < -0.39 is 0 Å². The minimum Gasteiger partial charge on any atom is -0.399 e. The highest BCUT2D eigenvalue weighted by molar-refractivity contribution is 5.77. The molecular weight excluding hydrogens is 200 g/mol. The molecule has 4 heteroatoms. The first-order valence-corrected chi connectivity index (χ1v) is 5.91. The van der Waals surface area contributed by atoms with Crippen molar-refractivity contribution in [3.05, 3.63) is 18.2 Å². The summed E-state index contributed by atoms with van der Waals surface area (Å²) in [4.78, 5) is 0. The van der Waals surface area contributed by atoms with Gasteiger partial charge in [-0.1, -0.05) is 24.5 Å². The molecule has 0 bridgehead atoms. The maximum Gasteiger partial charge on any atom is 0.113 e. The molecule has 0 amide bonds. The number of hydrogen-bond acceptors (Lipinski definition) is 3. The van der Waals surface area contributed by atoms with Gasteiger partial charge < -0.3 is 5.73 Å². The van der Waals surface area contributed by atoms with Crippen molar-refractivity contribution in [3.63, 3.8) is 0 Å². The van der Waals surface area contributed by atoms with Gasteiger partial charge in [0.05, 0.1) is 5.52 Å². The van der Waals surface area contributed by atoms with Crippen LogP contribution in [0.5, 0.6) is 0 Å². The number of benzene rings is 1. The van der Waals surface area contributed by atoms with Crippen LogP contribution >= 0.6 is 0 Å². The third-order valence-electron chi connectivity index (χ3n) is 3.51. The third-order valence-corrected chi connectivity index (χ3v) is 3.51. The Labute approximate surface area is 94.4 Å². The van der Waals surface area contributed by atoms with E-state index >= 15 is 0 Å². The van der Waals surface area contributed by atoms with Crippen LogP contribution in [-0.2, 0) is 6.54 Å². The van der Waals surface area contributed by atoms with Crippen LogP contribution in [0.2, 0.25) is 0 Å². The number of nitrogen functional groups attached to an aromatic ring is 1. The van der Waals surface area contributed by atoms with Gasteiger partial charge in [0.1, 0.15) is 5.52 Å². The second-order valence-corrected chi connectivity index (χ2v) is 4.65. The number of anilines is 1. The number of fused-ring (bicyclic) bond motifs is 1. The molecule has 1 aliphatic rings. The summed E-state index contributed by atoms with van der Waals surface area (Å²) in [5, 5.41) is 8.32. The van der Waals surface area contributed by atoms with Crippen LogP contribution in [0.3, 0.4) is 0 Å². The number of nitrogens with two attached hydrogens (primary N) is 1. The normalized spacial score (nSPS) is 16.5. The summed E-state index contributed by atoms with van der Waals surface area (Å²) in [6.07, 6.45) is 5.38. The topological polar surface area (TPSA) is 56.7 Å². The van der Waals surface area contributed by atoms with Crippen molar-refractivity contribution in [1.29, 1.82) is 0 Å². The monoisotopic (exact) mass is 216 g/mol. The lowest BCUT2D eigenvalue weighted by Gasteiger charge is -2.24. The molecular formula is C12H16N4. The Morgan fingerprint density at radius 2 is 2.25 bits per heavy atom. The van der Waals surface area contributed by atoms with Gasteiger partial charge >= 0.3 is 0 Å². The van der Waals surface area contributed by atoms with Crippen molar-refractivity contribution in [2.75, 3.05) is 5.73 Å². The van der Waals surface area contributed by atoms with Gasteiger partial charge in [-0.05, 0) is 30.5 Å². The highest BCUT2D eigenvalue weighted by Gasteiger charge is 2.17. The summed E-state index contributed by atoms with van der Waals surface area (Å²) in [5.41, 5.74) is 8.54. The summed E-state index contributed by atoms with van der Waals surface area (Å²) < 4.78 is 1.98. The summed E-state index contributed by atoms with van der Waals surface area (Å²) >= 11 is 0. The predicted molar refractivity (Wildman–Crippen MR) is 63.9 cm³/mol. The van der Waals surface area contributed by atoms with E-state index in [4.69, 9.17) is 5.73 Å². The lowest BCUT2D eigenvalue weighted by molar-refractivity contribution is 0.278. The first-order chi connectivity index (χ1) is 7.83. The van der Waals surface area contributed by atoms with Crippen LogP contribution < -0.4 is 5.73 Å². The van der Waals surface area contributed by atoms with E-state index in [0.717, 1.165) is 29.2 Å². The van der Waals surface area contributed by atoms with Gasteiger partial charge in [-0.25, -0.2) is 4.68 Å². The fourth-order valence-electron chi connectivity index (χ4n) is 2.23. The molecule has 2 aromatic rings. The molecule has 0 spiro atoms. The summed E-state index contributed by atoms with van der Waals surface area (Å²) in [7, 11) is 0. The lowest BCUT2D eigenvalue weighted by Crippen LogP contribution is -2.14. The molecule has 0 saturated heterocycles. The molecule has 2 N–H and O–H groups in total. The molecule has 84 valence electrons. The Bertz CT molecular complexity index is 499. The van der Waals surface area contributed by atoms with Crippen molar-refractivity contribution in [2.24, 2.45) is 5.92 Å². The molecule has 1 heterocycles. The van der Waals surface area contributed by atoms with Gasteiger partial charge in [0, 0.05) is 12.2 Å². The smallest absolute Gasteiger partial charge is 0.113 e. The van der Waals surface area contributed by atoms with Gasteiger partial charge in [0.2, 0.25) is 0 Å². The van der Waals surface area contributed by atoms with Crippen molar-refractivity contribution in [2.45, 2.75) is 32.2 Å². The Hall–Kier alpha value is -1.58. The van der Waals surface area contributed by atoms with Crippen LogP contribution in [0.15, 0.2) is 18.2 Å². The fourth-order valence-corrected chi connectivity index (χ4v) is 2.23. The zero-order valence-electron chi connectivity index (χ0n) is 9.26. The first kappa shape index (κ1) is 9.63. The van der Waals surface area contributed by atoms with E-state index in [9.17, 15) is 0 Å². The van der Waals surface area contributed by atoms with E-state index in [1.165, 1.54) is 25.7 Å². The quantitative estimate of drug-likeness (QED) is 0.800. The van der Waals surface area contributed by atoms with Gasteiger partial charge in [-0.2, -0.15) is 0 Å². The standard InChI is InChI=1S/C12H16N4/c13-10-4-5-11-12(8-10)16(15-14-11)7-6-9-2-1-3-9/h4-5,8-9H,1-3,6-7,13H2. The summed E-state index contributed by atoms with van der Waals surface area (Å²) in [5.74, 6) is 0.903. The molecule has 1 aromatic carbocycles. The molecule has 0 atom stereocenters. The van der Waals surface area contributed by atoms with E-state index in [0.29, 0.717) is 0 Å². The van der Waals surface area contributed by atoms with Gasteiger partial charge in [-0.15, -0.1) is 5.10 Å². The van der Waals surface area contributed by atoms with Gasteiger partial charge in [0.15, 0.2) is 0 Å². The first-order valence-electron chi connectivity index (χ1n) is 5.91. The average molecular weight is 216 g/mol. The van der Waals surface area contributed by atoms with Gasteiger partial charge in [-0.3, -0.25) is 0 Å². The molecule has 1 saturated carbocycles. The van der Waals surface area contributed by atoms with E-state index in [1.807, 2.05) is 22.9 Å². The maximum absolute atomic E-state index is 5.78. The Kier molecular flexibility index (Phi) is 2.27. The Morgan fingerprint density at radius 1 is 1.38 bits per heavy atom. The van der Waals surface area contributed by atoms with Crippen LogP contribution in [0, 0.1) is 5.92 Å². The minimum atomic E-state index is 0.777. The molecule has 0 radical (unpaired) electrons. The van der Waals surface area contributed by atoms with Crippen molar-refractivity contribution < 1.29 is 0 Å². The van der Waals surface area contributed by atoms with Crippen LogP contribution in [0.25, 0.3) is 11.0 Å². The highest BCUT2D eigenvalue weighted by atomic mass is 15.4. The third kappa shape index (κ3) is 1.64. The zero-order chi connectivity index (χ0) is 11.0. The van der Waals surface area contributed by atoms with Crippen molar-refractivity contribution in [1.82, 2.24) is 15.0 Å². The summed E-state index contributed by atoms with van der Waals surface area (Å²) in [6.45, 7) is 0.963. The van der Waals surface area contributed by atoms with Crippen LogP contribution in [0.4, 0.5) is 5.69 Å². The van der Waals surface area contributed by atoms with Crippen LogP contribution in [0.1, 0.15) is 25.7 Å². The number of aryl methyl sites for hydroxylation is 1. The largest absolute Gasteiger partial charge is 0.399 e. The Balaban J connectivity index is 1.82. The number of rotatable bonds is 3.